The smallest absolute Gasteiger partial charge is 0.338 e. The second-order valence-corrected chi connectivity index (χ2v) is 6.53. The van der Waals surface area contributed by atoms with Gasteiger partial charge in [-0.15, -0.1) is 11.3 Å². The van der Waals surface area contributed by atoms with Gasteiger partial charge in [0.15, 0.2) is 5.76 Å². The average Bonchev–Trinajstić information content (AvgIpc) is 3.04. The van der Waals surface area contributed by atoms with E-state index in [-0.39, 0.29) is 5.56 Å². The lowest BCUT2D eigenvalue weighted by molar-refractivity contribution is 0.0696. The molecular formula is C13H15NO3S2. The summed E-state index contributed by atoms with van der Waals surface area (Å²) in [5, 5.41) is 12.4. The summed E-state index contributed by atoms with van der Waals surface area (Å²) in [7, 11) is 0. The van der Waals surface area contributed by atoms with Crippen LogP contribution in [0.15, 0.2) is 22.1 Å². The molecule has 2 rings (SSSR count). The molecule has 0 saturated heterocycles. The van der Waals surface area contributed by atoms with E-state index in [0.717, 1.165) is 17.2 Å². The first-order chi connectivity index (χ1) is 9.10. The summed E-state index contributed by atoms with van der Waals surface area (Å²) in [5.74, 6) is 0.401. The van der Waals surface area contributed by atoms with E-state index < -0.39 is 5.97 Å². The van der Waals surface area contributed by atoms with Gasteiger partial charge in [0, 0.05) is 22.4 Å². The molecule has 0 saturated carbocycles. The van der Waals surface area contributed by atoms with E-state index in [1.165, 1.54) is 12.3 Å². The number of carboxylic acid groups (broad SMARTS) is 1. The summed E-state index contributed by atoms with van der Waals surface area (Å²) in [5.41, 5.74) is 0.857. The molecule has 1 N–H and O–H groups in total. The van der Waals surface area contributed by atoms with E-state index in [2.05, 4.69) is 18.8 Å². The number of hydrogen-bond acceptors (Lipinski definition) is 5. The third-order valence-corrected chi connectivity index (χ3v) is 5.09. The van der Waals surface area contributed by atoms with E-state index >= 15 is 0 Å². The van der Waals surface area contributed by atoms with Crippen molar-refractivity contribution in [1.82, 2.24) is 4.98 Å². The second-order valence-electron chi connectivity index (χ2n) is 4.16. The Morgan fingerprint density at radius 3 is 3.05 bits per heavy atom. The molecule has 2 heterocycles. The molecule has 0 aliphatic heterocycles. The molecular weight excluding hydrogens is 282 g/mol. The maximum Gasteiger partial charge on any atom is 0.338 e. The summed E-state index contributed by atoms with van der Waals surface area (Å²) in [6.45, 7) is 4.37. The zero-order chi connectivity index (χ0) is 13.8. The highest BCUT2D eigenvalue weighted by atomic mass is 32.2. The van der Waals surface area contributed by atoms with Crippen LogP contribution in [0.4, 0.5) is 0 Å². The van der Waals surface area contributed by atoms with E-state index in [9.17, 15) is 4.79 Å². The topological polar surface area (TPSA) is 63.3 Å². The molecule has 0 radical (unpaired) electrons. The maximum atomic E-state index is 10.8. The van der Waals surface area contributed by atoms with Crippen LogP contribution in [0.3, 0.4) is 0 Å². The Kier molecular flexibility index (Phi) is 4.66. The average molecular weight is 297 g/mol. The fourth-order valence-electron chi connectivity index (χ4n) is 1.40. The van der Waals surface area contributed by atoms with Crippen molar-refractivity contribution in [3.05, 3.63) is 28.3 Å². The molecule has 1 atom stereocenters. The number of carboxylic acids is 1. The summed E-state index contributed by atoms with van der Waals surface area (Å²) in [6.07, 6.45) is 2.38. The van der Waals surface area contributed by atoms with Gasteiger partial charge in [0.05, 0.1) is 5.56 Å². The molecule has 0 aromatic carbocycles. The predicted molar refractivity (Wildman–Crippen MR) is 77.8 cm³/mol. The number of furan rings is 1. The molecule has 0 amide bonds. The van der Waals surface area contributed by atoms with E-state index in [0.29, 0.717) is 16.7 Å². The molecule has 0 fully saturated rings. The van der Waals surface area contributed by atoms with E-state index in [1.807, 2.05) is 17.1 Å². The highest BCUT2D eigenvalue weighted by Gasteiger charge is 2.13. The first-order valence-corrected chi connectivity index (χ1v) is 7.91. The van der Waals surface area contributed by atoms with Crippen molar-refractivity contribution in [3.8, 4) is 11.5 Å². The summed E-state index contributed by atoms with van der Waals surface area (Å²) in [4.78, 5) is 15.3. The highest BCUT2D eigenvalue weighted by molar-refractivity contribution is 7.99. The van der Waals surface area contributed by atoms with Gasteiger partial charge in [-0.3, -0.25) is 0 Å². The normalized spacial score (nSPS) is 12.5. The first kappa shape index (κ1) is 14.1. The van der Waals surface area contributed by atoms with Crippen LogP contribution in [0.5, 0.6) is 0 Å². The van der Waals surface area contributed by atoms with Crippen LogP contribution in [0.2, 0.25) is 0 Å². The lowest BCUT2D eigenvalue weighted by Gasteiger charge is -2.05. The number of rotatable bonds is 6. The van der Waals surface area contributed by atoms with Crippen molar-refractivity contribution < 1.29 is 14.3 Å². The van der Waals surface area contributed by atoms with Gasteiger partial charge in [-0.05, 0) is 6.42 Å². The number of carbonyl (C=O) groups is 1. The van der Waals surface area contributed by atoms with Crippen LogP contribution in [0, 0.1) is 0 Å². The Labute approximate surface area is 119 Å². The van der Waals surface area contributed by atoms with E-state index in [1.54, 1.807) is 11.3 Å². The second kappa shape index (κ2) is 6.25. The molecule has 102 valence electrons. The fourth-order valence-corrected chi connectivity index (χ4v) is 3.18. The number of hydrogen-bond donors (Lipinski definition) is 1. The van der Waals surface area contributed by atoms with Crippen LogP contribution in [0.1, 0.15) is 35.6 Å². The van der Waals surface area contributed by atoms with Gasteiger partial charge in [0.1, 0.15) is 17.0 Å². The molecule has 1 unspecified atom stereocenters. The predicted octanol–water partition coefficient (Wildman–Crippen LogP) is 4.13. The third-order valence-electron chi connectivity index (χ3n) is 2.72. The fraction of sp³-hybridized carbons (Fsp3) is 0.385. The molecule has 4 nitrogen and oxygen atoms in total. The largest absolute Gasteiger partial charge is 0.478 e. The molecule has 0 aliphatic carbocycles. The summed E-state index contributed by atoms with van der Waals surface area (Å²) in [6, 6.07) is 1.50. The van der Waals surface area contributed by atoms with Gasteiger partial charge in [-0.2, -0.15) is 11.8 Å². The standard InChI is InChI=1S/C13H15NO3S2/c1-3-8(2)18-7-12-14-10(6-19-12)11-4-9(5-17-11)13(15)16/h4-6,8H,3,7H2,1-2H3,(H,15,16). The zero-order valence-electron chi connectivity index (χ0n) is 10.8. The summed E-state index contributed by atoms with van der Waals surface area (Å²) >= 11 is 3.45. The van der Waals surface area contributed by atoms with Crippen molar-refractivity contribution in [2.24, 2.45) is 0 Å². The number of aromatic carboxylic acids is 1. The van der Waals surface area contributed by atoms with Gasteiger partial charge in [0.25, 0.3) is 0 Å². The Balaban J connectivity index is 2.05. The Bertz CT molecular complexity index is 562. The van der Waals surface area contributed by atoms with Crippen LogP contribution < -0.4 is 0 Å². The van der Waals surface area contributed by atoms with Crippen molar-refractivity contribution in [2.45, 2.75) is 31.3 Å². The molecule has 2 aromatic rings. The number of thioether (sulfide) groups is 1. The molecule has 6 heteroatoms. The van der Waals surface area contributed by atoms with Gasteiger partial charge in [-0.1, -0.05) is 13.8 Å². The molecule has 19 heavy (non-hydrogen) atoms. The Hall–Kier alpha value is -1.27. The molecule has 0 spiro atoms. The minimum absolute atomic E-state index is 0.151. The number of thiazole rings is 1. The highest BCUT2D eigenvalue weighted by Crippen LogP contribution is 2.27. The first-order valence-electron chi connectivity index (χ1n) is 5.98. The van der Waals surface area contributed by atoms with Gasteiger partial charge in [0.2, 0.25) is 0 Å². The third kappa shape index (κ3) is 3.61. The van der Waals surface area contributed by atoms with Crippen molar-refractivity contribution in [2.75, 3.05) is 0 Å². The number of aromatic nitrogens is 1. The maximum absolute atomic E-state index is 10.8. The van der Waals surface area contributed by atoms with Crippen LogP contribution in [-0.2, 0) is 5.75 Å². The molecule has 2 aromatic heterocycles. The lowest BCUT2D eigenvalue weighted by Crippen LogP contribution is -1.93. The van der Waals surface area contributed by atoms with Crippen LogP contribution >= 0.6 is 23.1 Å². The molecule has 0 aliphatic rings. The van der Waals surface area contributed by atoms with Crippen molar-refractivity contribution in [3.63, 3.8) is 0 Å². The minimum Gasteiger partial charge on any atom is -0.478 e. The minimum atomic E-state index is -0.988. The SMILES string of the molecule is CCC(C)SCc1nc(-c2cc(C(=O)O)co2)cs1. The van der Waals surface area contributed by atoms with Crippen molar-refractivity contribution in [1.29, 1.82) is 0 Å². The Morgan fingerprint density at radius 1 is 1.63 bits per heavy atom. The summed E-state index contributed by atoms with van der Waals surface area (Å²) < 4.78 is 5.23. The van der Waals surface area contributed by atoms with Gasteiger partial charge < -0.3 is 9.52 Å². The van der Waals surface area contributed by atoms with Gasteiger partial charge >= 0.3 is 5.97 Å². The Morgan fingerprint density at radius 2 is 2.42 bits per heavy atom. The quantitative estimate of drug-likeness (QED) is 0.868. The van der Waals surface area contributed by atoms with Crippen LogP contribution in [-0.4, -0.2) is 21.3 Å². The van der Waals surface area contributed by atoms with Gasteiger partial charge in [-0.25, -0.2) is 9.78 Å². The number of nitrogens with zero attached hydrogens (tertiary/aromatic N) is 1. The van der Waals surface area contributed by atoms with Crippen LogP contribution in [0.25, 0.3) is 11.5 Å². The lowest BCUT2D eigenvalue weighted by atomic mass is 10.3. The van der Waals surface area contributed by atoms with Crippen molar-refractivity contribution >= 4 is 29.1 Å². The molecule has 0 bridgehead atoms. The van der Waals surface area contributed by atoms with E-state index in [4.69, 9.17) is 9.52 Å². The zero-order valence-corrected chi connectivity index (χ0v) is 12.4. The monoisotopic (exact) mass is 297 g/mol.